The third kappa shape index (κ3) is 3.31. The number of ether oxygens (including phenoxy) is 2. The molecule has 0 atom stereocenters. The van der Waals surface area contributed by atoms with E-state index in [1.54, 1.807) is 13.2 Å². The molecule has 0 aliphatic rings. The zero-order chi connectivity index (χ0) is 16.2. The van der Waals surface area contributed by atoms with Crippen LogP contribution in [0, 0.1) is 0 Å². The van der Waals surface area contributed by atoms with E-state index in [2.05, 4.69) is 4.98 Å². The number of Topliss-reactive ketones (excluding diaryl/α,β-unsaturated/α-hetero) is 1. The van der Waals surface area contributed by atoms with Gasteiger partial charge in [0, 0.05) is 18.4 Å². The number of rotatable bonds is 5. The first-order valence-electron chi connectivity index (χ1n) is 7.34. The van der Waals surface area contributed by atoms with Gasteiger partial charge >= 0.3 is 0 Å². The highest BCUT2D eigenvalue weighted by Crippen LogP contribution is 2.26. The van der Waals surface area contributed by atoms with Crippen molar-refractivity contribution in [3.05, 3.63) is 65.9 Å². The van der Waals surface area contributed by atoms with Crippen LogP contribution in [0.4, 0.5) is 0 Å². The quantitative estimate of drug-likeness (QED) is 0.668. The van der Waals surface area contributed by atoms with E-state index in [0.29, 0.717) is 18.1 Å². The SMILES string of the molecule is COc1ccc(COc2cc(C(C)=O)nc3ccccc23)cc1. The molecule has 2 aromatic carbocycles. The van der Waals surface area contributed by atoms with Crippen LogP contribution in [-0.2, 0) is 6.61 Å². The summed E-state index contributed by atoms with van der Waals surface area (Å²) in [7, 11) is 1.64. The number of nitrogens with zero attached hydrogens (tertiary/aromatic N) is 1. The van der Waals surface area contributed by atoms with E-state index in [4.69, 9.17) is 9.47 Å². The molecular formula is C19H17NO3. The summed E-state index contributed by atoms with van der Waals surface area (Å²) in [4.78, 5) is 16.0. The summed E-state index contributed by atoms with van der Waals surface area (Å²) in [5.41, 5.74) is 2.19. The Morgan fingerprint density at radius 2 is 1.83 bits per heavy atom. The lowest BCUT2D eigenvalue weighted by Gasteiger charge is -2.11. The van der Waals surface area contributed by atoms with Crippen molar-refractivity contribution in [2.45, 2.75) is 13.5 Å². The van der Waals surface area contributed by atoms with Crippen molar-refractivity contribution in [3.8, 4) is 11.5 Å². The first-order chi connectivity index (χ1) is 11.2. The van der Waals surface area contributed by atoms with Gasteiger partial charge in [-0.2, -0.15) is 0 Å². The minimum Gasteiger partial charge on any atom is -0.497 e. The number of methoxy groups -OCH3 is 1. The van der Waals surface area contributed by atoms with E-state index in [0.717, 1.165) is 22.2 Å². The predicted octanol–water partition coefficient (Wildman–Crippen LogP) is 4.03. The van der Waals surface area contributed by atoms with Crippen molar-refractivity contribution in [1.82, 2.24) is 4.98 Å². The van der Waals surface area contributed by atoms with Crippen LogP contribution in [-0.4, -0.2) is 17.9 Å². The van der Waals surface area contributed by atoms with Crippen LogP contribution in [0.15, 0.2) is 54.6 Å². The number of para-hydroxylation sites is 1. The van der Waals surface area contributed by atoms with Crippen molar-refractivity contribution < 1.29 is 14.3 Å². The van der Waals surface area contributed by atoms with Gasteiger partial charge in [-0.05, 0) is 29.8 Å². The summed E-state index contributed by atoms with van der Waals surface area (Å²) in [5.74, 6) is 1.39. The summed E-state index contributed by atoms with van der Waals surface area (Å²) < 4.78 is 11.1. The fraction of sp³-hybridized carbons (Fsp3) is 0.158. The Kier molecular flexibility index (Phi) is 4.24. The Morgan fingerprint density at radius 3 is 2.52 bits per heavy atom. The second kappa shape index (κ2) is 6.48. The number of hydrogen-bond donors (Lipinski definition) is 0. The van der Waals surface area contributed by atoms with Gasteiger partial charge in [-0.1, -0.05) is 24.3 Å². The number of carbonyl (C=O) groups excluding carboxylic acids is 1. The molecule has 0 aliphatic heterocycles. The van der Waals surface area contributed by atoms with Crippen molar-refractivity contribution in [3.63, 3.8) is 0 Å². The van der Waals surface area contributed by atoms with Gasteiger partial charge in [0.25, 0.3) is 0 Å². The Bertz CT molecular complexity index is 841. The maximum absolute atomic E-state index is 11.7. The molecule has 1 aromatic heterocycles. The number of benzene rings is 2. The second-order valence-corrected chi connectivity index (χ2v) is 5.22. The van der Waals surface area contributed by atoms with Gasteiger partial charge in [-0.15, -0.1) is 0 Å². The molecule has 0 amide bonds. The van der Waals surface area contributed by atoms with E-state index >= 15 is 0 Å². The van der Waals surface area contributed by atoms with Gasteiger partial charge in [0.1, 0.15) is 23.8 Å². The van der Waals surface area contributed by atoms with Crippen molar-refractivity contribution in [2.24, 2.45) is 0 Å². The number of pyridine rings is 1. The average Bonchev–Trinajstić information content (AvgIpc) is 2.59. The Hall–Kier alpha value is -2.88. The molecular weight excluding hydrogens is 290 g/mol. The van der Waals surface area contributed by atoms with Gasteiger partial charge in [-0.25, -0.2) is 4.98 Å². The van der Waals surface area contributed by atoms with Gasteiger partial charge in [0.15, 0.2) is 5.78 Å². The molecule has 3 aromatic rings. The fourth-order valence-electron chi connectivity index (χ4n) is 2.33. The molecule has 0 saturated heterocycles. The maximum atomic E-state index is 11.7. The fourth-order valence-corrected chi connectivity index (χ4v) is 2.33. The monoisotopic (exact) mass is 307 g/mol. The summed E-state index contributed by atoms with van der Waals surface area (Å²) in [5, 5.41) is 0.894. The zero-order valence-electron chi connectivity index (χ0n) is 13.1. The molecule has 23 heavy (non-hydrogen) atoms. The third-order valence-corrected chi connectivity index (χ3v) is 3.59. The van der Waals surface area contributed by atoms with Crippen LogP contribution in [0.2, 0.25) is 0 Å². The van der Waals surface area contributed by atoms with Gasteiger partial charge < -0.3 is 9.47 Å². The van der Waals surface area contributed by atoms with Crippen LogP contribution in [0.5, 0.6) is 11.5 Å². The highest BCUT2D eigenvalue weighted by Gasteiger charge is 2.10. The predicted molar refractivity (Wildman–Crippen MR) is 89.1 cm³/mol. The zero-order valence-corrected chi connectivity index (χ0v) is 13.1. The van der Waals surface area contributed by atoms with E-state index < -0.39 is 0 Å². The Labute approximate surface area is 134 Å². The molecule has 116 valence electrons. The van der Waals surface area contributed by atoms with Gasteiger partial charge in [0.2, 0.25) is 0 Å². The number of fused-ring (bicyclic) bond motifs is 1. The number of hydrogen-bond acceptors (Lipinski definition) is 4. The van der Waals surface area contributed by atoms with Crippen LogP contribution >= 0.6 is 0 Å². The van der Waals surface area contributed by atoms with Crippen LogP contribution in [0.3, 0.4) is 0 Å². The number of ketones is 1. The molecule has 0 saturated carbocycles. The van der Waals surface area contributed by atoms with E-state index in [1.807, 2.05) is 48.5 Å². The first kappa shape index (κ1) is 15.0. The standard InChI is InChI=1S/C19H17NO3/c1-13(21)18-11-19(16-5-3-4-6-17(16)20-18)23-12-14-7-9-15(22-2)10-8-14/h3-11H,12H2,1-2H3. The average molecular weight is 307 g/mol. The molecule has 3 rings (SSSR count). The lowest BCUT2D eigenvalue weighted by atomic mass is 10.1. The van der Waals surface area contributed by atoms with Crippen LogP contribution in [0.1, 0.15) is 23.0 Å². The highest BCUT2D eigenvalue weighted by atomic mass is 16.5. The largest absolute Gasteiger partial charge is 0.497 e. The molecule has 4 heteroatoms. The van der Waals surface area contributed by atoms with E-state index in [9.17, 15) is 4.79 Å². The molecule has 0 unspecified atom stereocenters. The van der Waals surface area contributed by atoms with Crippen molar-refractivity contribution in [1.29, 1.82) is 0 Å². The third-order valence-electron chi connectivity index (χ3n) is 3.59. The summed E-state index contributed by atoms with van der Waals surface area (Å²) in [6.45, 7) is 1.92. The number of aromatic nitrogens is 1. The summed E-state index contributed by atoms with van der Waals surface area (Å²) in [6.07, 6.45) is 0. The molecule has 4 nitrogen and oxygen atoms in total. The van der Waals surface area contributed by atoms with Gasteiger partial charge in [0.05, 0.1) is 12.6 Å². The molecule has 0 N–H and O–H groups in total. The molecule has 0 spiro atoms. The maximum Gasteiger partial charge on any atom is 0.178 e. The molecule has 1 heterocycles. The van der Waals surface area contributed by atoms with Crippen molar-refractivity contribution >= 4 is 16.7 Å². The van der Waals surface area contributed by atoms with Crippen molar-refractivity contribution in [2.75, 3.05) is 7.11 Å². The summed E-state index contributed by atoms with van der Waals surface area (Å²) in [6, 6.07) is 17.0. The van der Waals surface area contributed by atoms with E-state index in [1.165, 1.54) is 6.92 Å². The minimum atomic E-state index is -0.0787. The minimum absolute atomic E-state index is 0.0787. The van der Waals surface area contributed by atoms with Gasteiger partial charge in [-0.3, -0.25) is 4.79 Å². The first-order valence-corrected chi connectivity index (χ1v) is 7.34. The van der Waals surface area contributed by atoms with Crippen LogP contribution in [0.25, 0.3) is 10.9 Å². The molecule has 0 aliphatic carbocycles. The lowest BCUT2D eigenvalue weighted by Crippen LogP contribution is -2.01. The molecule has 0 fully saturated rings. The Morgan fingerprint density at radius 1 is 1.09 bits per heavy atom. The topological polar surface area (TPSA) is 48.4 Å². The number of carbonyl (C=O) groups is 1. The highest BCUT2D eigenvalue weighted by molar-refractivity contribution is 5.96. The molecule has 0 bridgehead atoms. The van der Waals surface area contributed by atoms with Crippen LogP contribution < -0.4 is 9.47 Å². The normalized spacial score (nSPS) is 10.5. The summed E-state index contributed by atoms with van der Waals surface area (Å²) >= 11 is 0. The van der Waals surface area contributed by atoms with E-state index in [-0.39, 0.29) is 5.78 Å². The second-order valence-electron chi connectivity index (χ2n) is 5.22. The smallest absolute Gasteiger partial charge is 0.178 e. The molecule has 0 radical (unpaired) electrons. The lowest BCUT2D eigenvalue weighted by molar-refractivity contribution is 0.101. The Balaban J connectivity index is 1.90.